The summed E-state index contributed by atoms with van der Waals surface area (Å²) >= 11 is 0. The molecule has 6 nitrogen and oxygen atoms in total. The Labute approximate surface area is 178 Å². The maximum Gasteiger partial charge on any atom is 0.304 e. The molecule has 1 aliphatic rings. The number of hydrogen-bond donors (Lipinski definition) is 2. The predicted octanol–water partition coefficient (Wildman–Crippen LogP) is 4.36. The van der Waals surface area contributed by atoms with Crippen molar-refractivity contribution in [3.05, 3.63) is 59.7 Å². The van der Waals surface area contributed by atoms with Crippen molar-refractivity contribution in [1.29, 1.82) is 5.26 Å². The second-order valence-corrected chi connectivity index (χ2v) is 8.55. The van der Waals surface area contributed by atoms with Crippen LogP contribution in [0.25, 0.3) is 0 Å². The Kier molecular flexibility index (Phi) is 6.33. The Balaban J connectivity index is 1.98. The minimum absolute atomic E-state index is 0.0367. The Morgan fingerprint density at radius 3 is 2.53 bits per heavy atom. The van der Waals surface area contributed by atoms with E-state index in [0.29, 0.717) is 12.1 Å². The van der Waals surface area contributed by atoms with E-state index in [2.05, 4.69) is 22.4 Å². The lowest BCUT2D eigenvalue weighted by atomic mass is 9.80. The summed E-state index contributed by atoms with van der Waals surface area (Å²) in [6, 6.07) is 17.5. The van der Waals surface area contributed by atoms with Crippen LogP contribution >= 0.6 is 0 Å². The highest BCUT2D eigenvalue weighted by Crippen LogP contribution is 2.37. The van der Waals surface area contributed by atoms with Crippen LogP contribution in [0.15, 0.2) is 48.5 Å². The Bertz CT molecular complexity index is 933. The molecule has 1 fully saturated rings. The van der Waals surface area contributed by atoms with Crippen molar-refractivity contribution < 1.29 is 14.6 Å². The number of para-hydroxylation sites is 1. The molecule has 0 amide bonds. The van der Waals surface area contributed by atoms with Crippen LogP contribution in [-0.2, 0) is 14.9 Å². The van der Waals surface area contributed by atoms with Gasteiger partial charge in [-0.25, -0.2) is 0 Å². The van der Waals surface area contributed by atoms with E-state index >= 15 is 0 Å². The molecule has 2 N–H and O–H groups in total. The third kappa shape index (κ3) is 4.74. The summed E-state index contributed by atoms with van der Waals surface area (Å²) in [5.41, 5.74) is 3.00. The second-order valence-electron chi connectivity index (χ2n) is 8.55. The van der Waals surface area contributed by atoms with E-state index in [-0.39, 0.29) is 24.8 Å². The number of aliphatic carboxylic acids is 1. The lowest BCUT2D eigenvalue weighted by Crippen LogP contribution is -2.57. The molecule has 1 saturated heterocycles. The maximum atomic E-state index is 11.5. The summed E-state index contributed by atoms with van der Waals surface area (Å²) in [7, 11) is 0. The largest absolute Gasteiger partial charge is 0.481 e. The monoisotopic (exact) mass is 407 g/mol. The van der Waals surface area contributed by atoms with Crippen LogP contribution in [0.4, 0.5) is 11.4 Å². The smallest absolute Gasteiger partial charge is 0.304 e. The zero-order valence-corrected chi connectivity index (χ0v) is 17.9. The van der Waals surface area contributed by atoms with E-state index < -0.39 is 11.4 Å². The summed E-state index contributed by atoms with van der Waals surface area (Å²) in [5.74, 6) is -0.814. The molecule has 0 radical (unpaired) electrons. The normalized spacial score (nSPS) is 21.7. The number of carbonyl (C=O) groups is 1. The standard InChI is InChI=1S/C24H29N3O3/c1-16-15-27(21-8-6-5-7-20(21)24(3,4)13-22(28)29)23(17(2)30-16)26-19-11-9-18(14-25)10-12-19/h5-12,16-17,23,26H,13,15H2,1-4H3,(H,28,29)/t16-,17+,23?/m1/s1. The summed E-state index contributed by atoms with van der Waals surface area (Å²) in [6.45, 7) is 8.70. The Morgan fingerprint density at radius 2 is 1.90 bits per heavy atom. The van der Waals surface area contributed by atoms with Gasteiger partial charge in [-0.3, -0.25) is 4.79 Å². The Morgan fingerprint density at radius 1 is 1.23 bits per heavy atom. The number of hydrogen-bond acceptors (Lipinski definition) is 5. The first-order chi connectivity index (χ1) is 14.2. The van der Waals surface area contributed by atoms with Crippen LogP contribution in [0.3, 0.4) is 0 Å². The first kappa shape index (κ1) is 21.7. The van der Waals surface area contributed by atoms with Crippen molar-refractivity contribution in [2.75, 3.05) is 16.8 Å². The SMILES string of the molecule is C[C@@H]1CN(c2ccccc2C(C)(C)CC(=O)O)C(Nc2ccc(C#N)cc2)[C@H](C)O1. The second kappa shape index (κ2) is 8.76. The number of carboxylic acid groups (broad SMARTS) is 1. The van der Waals surface area contributed by atoms with E-state index in [1.54, 1.807) is 12.1 Å². The number of morpholine rings is 1. The van der Waals surface area contributed by atoms with Gasteiger partial charge in [-0.1, -0.05) is 32.0 Å². The van der Waals surface area contributed by atoms with Crippen molar-refractivity contribution in [3.8, 4) is 6.07 Å². The number of rotatable bonds is 6. The van der Waals surface area contributed by atoms with Crippen LogP contribution < -0.4 is 10.2 Å². The maximum absolute atomic E-state index is 11.5. The van der Waals surface area contributed by atoms with E-state index in [1.165, 1.54) is 0 Å². The van der Waals surface area contributed by atoms with Crippen LogP contribution in [0.5, 0.6) is 0 Å². The van der Waals surface area contributed by atoms with Gasteiger partial charge in [0.1, 0.15) is 6.17 Å². The lowest BCUT2D eigenvalue weighted by molar-refractivity contribution is -0.138. The highest BCUT2D eigenvalue weighted by atomic mass is 16.5. The van der Waals surface area contributed by atoms with E-state index in [9.17, 15) is 9.90 Å². The van der Waals surface area contributed by atoms with Gasteiger partial charge in [0.2, 0.25) is 0 Å². The van der Waals surface area contributed by atoms with Gasteiger partial charge in [0.25, 0.3) is 0 Å². The third-order valence-electron chi connectivity index (χ3n) is 5.55. The molecule has 1 unspecified atom stereocenters. The van der Waals surface area contributed by atoms with Crippen molar-refractivity contribution in [2.24, 2.45) is 0 Å². The third-order valence-corrected chi connectivity index (χ3v) is 5.55. The summed E-state index contributed by atoms with van der Waals surface area (Å²) < 4.78 is 6.11. The van der Waals surface area contributed by atoms with Crippen LogP contribution in [-0.4, -0.2) is 36.0 Å². The fourth-order valence-electron chi connectivity index (χ4n) is 4.15. The fraction of sp³-hybridized carbons (Fsp3) is 0.417. The molecule has 6 heteroatoms. The number of anilines is 2. The van der Waals surface area contributed by atoms with Crippen LogP contribution in [0, 0.1) is 11.3 Å². The zero-order valence-electron chi connectivity index (χ0n) is 17.9. The summed E-state index contributed by atoms with van der Waals surface area (Å²) in [4.78, 5) is 13.7. The predicted molar refractivity (Wildman–Crippen MR) is 118 cm³/mol. The molecule has 1 aliphatic heterocycles. The quantitative estimate of drug-likeness (QED) is 0.740. The van der Waals surface area contributed by atoms with Gasteiger partial charge in [0.05, 0.1) is 30.3 Å². The molecule has 0 spiro atoms. The molecule has 2 aromatic rings. The molecular weight excluding hydrogens is 378 g/mol. The van der Waals surface area contributed by atoms with Crippen molar-refractivity contribution in [1.82, 2.24) is 0 Å². The number of ether oxygens (including phenoxy) is 1. The number of nitrogens with zero attached hydrogens (tertiary/aromatic N) is 2. The molecule has 0 bridgehead atoms. The zero-order chi connectivity index (χ0) is 21.9. The molecule has 30 heavy (non-hydrogen) atoms. The Hall–Kier alpha value is -3.04. The van der Waals surface area contributed by atoms with Crippen LogP contribution in [0.1, 0.15) is 45.2 Å². The minimum atomic E-state index is -0.814. The molecule has 2 aromatic carbocycles. The lowest BCUT2D eigenvalue weighted by Gasteiger charge is -2.46. The van der Waals surface area contributed by atoms with Gasteiger partial charge in [-0.2, -0.15) is 5.26 Å². The first-order valence-electron chi connectivity index (χ1n) is 10.2. The van der Waals surface area contributed by atoms with Gasteiger partial charge in [0, 0.05) is 23.3 Å². The highest BCUT2D eigenvalue weighted by Gasteiger charge is 2.36. The molecule has 1 heterocycles. The molecule has 0 aromatic heterocycles. The number of nitrogens with one attached hydrogen (secondary N) is 1. The number of carboxylic acids is 1. The molecular formula is C24H29N3O3. The highest BCUT2D eigenvalue weighted by molar-refractivity contribution is 5.70. The van der Waals surface area contributed by atoms with Gasteiger partial charge in [0.15, 0.2) is 0 Å². The molecule has 3 atom stereocenters. The molecule has 3 rings (SSSR count). The summed E-state index contributed by atoms with van der Waals surface area (Å²) in [6.07, 6.45) is -0.154. The number of benzene rings is 2. The first-order valence-corrected chi connectivity index (χ1v) is 10.2. The van der Waals surface area contributed by atoms with Crippen molar-refractivity contribution in [3.63, 3.8) is 0 Å². The van der Waals surface area contributed by atoms with Crippen LogP contribution in [0.2, 0.25) is 0 Å². The number of nitriles is 1. The van der Waals surface area contributed by atoms with E-state index in [4.69, 9.17) is 10.00 Å². The van der Waals surface area contributed by atoms with E-state index in [0.717, 1.165) is 16.9 Å². The molecule has 0 saturated carbocycles. The molecule has 158 valence electrons. The fourth-order valence-corrected chi connectivity index (χ4v) is 4.15. The topological polar surface area (TPSA) is 85.6 Å². The molecule has 0 aliphatic carbocycles. The van der Waals surface area contributed by atoms with Gasteiger partial charge in [-0.15, -0.1) is 0 Å². The van der Waals surface area contributed by atoms with Gasteiger partial charge < -0.3 is 20.1 Å². The average molecular weight is 408 g/mol. The minimum Gasteiger partial charge on any atom is -0.481 e. The van der Waals surface area contributed by atoms with Gasteiger partial charge >= 0.3 is 5.97 Å². The van der Waals surface area contributed by atoms with E-state index in [1.807, 2.05) is 58.0 Å². The van der Waals surface area contributed by atoms with Crippen molar-refractivity contribution >= 4 is 17.3 Å². The summed E-state index contributed by atoms with van der Waals surface area (Å²) in [5, 5.41) is 22.0. The average Bonchev–Trinajstić information content (AvgIpc) is 2.69. The van der Waals surface area contributed by atoms with Crippen molar-refractivity contribution in [2.45, 2.75) is 57.9 Å². The van der Waals surface area contributed by atoms with Gasteiger partial charge in [-0.05, 0) is 49.7 Å².